The fourth-order valence-corrected chi connectivity index (χ4v) is 5.95. The van der Waals surface area contributed by atoms with Gasteiger partial charge in [0.2, 0.25) is 5.72 Å². The zero-order valence-electron chi connectivity index (χ0n) is 22.8. The average Bonchev–Trinajstić information content (AvgIpc) is 3.49. The van der Waals surface area contributed by atoms with Crippen molar-refractivity contribution in [2.75, 3.05) is 14.2 Å². The van der Waals surface area contributed by atoms with Crippen molar-refractivity contribution < 1.29 is 14.2 Å². The lowest BCUT2D eigenvalue weighted by Gasteiger charge is -2.42. The van der Waals surface area contributed by atoms with Crippen molar-refractivity contribution >= 4 is 0 Å². The summed E-state index contributed by atoms with van der Waals surface area (Å²) in [6.45, 7) is 12.2. The fraction of sp³-hybridized carbons (Fsp3) is 0.571. The first kappa shape index (κ1) is 25.4. The van der Waals surface area contributed by atoms with Crippen LogP contribution in [-0.2, 0) is 4.74 Å². The number of benzene rings is 2. The Labute approximate surface area is 218 Å². The van der Waals surface area contributed by atoms with Crippen LogP contribution in [0.3, 0.4) is 0 Å². The second-order valence-corrected chi connectivity index (χ2v) is 11.6. The van der Waals surface area contributed by atoms with Crippen LogP contribution in [0.1, 0.15) is 64.5 Å². The predicted molar refractivity (Wildman–Crippen MR) is 140 cm³/mol. The molecule has 0 fully saturated rings. The van der Waals surface area contributed by atoms with Crippen LogP contribution in [0.5, 0.6) is 11.5 Å². The highest BCUT2D eigenvalue weighted by Gasteiger charge is 2.66. The Morgan fingerprint density at radius 3 is 1.32 bits per heavy atom. The van der Waals surface area contributed by atoms with Crippen LogP contribution in [0, 0.1) is 0 Å². The highest BCUT2D eigenvalue weighted by atomic mass is 16.6. The Balaban J connectivity index is 1.63. The summed E-state index contributed by atoms with van der Waals surface area (Å²) in [5.41, 5.74) is -0.831. The zero-order chi connectivity index (χ0) is 26.6. The monoisotopic (exact) mass is 504 g/mol. The van der Waals surface area contributed by atoms with Crippen LogP contribution >= 0.6 is 0 Å². The maximum atomic E-state index is 6.79. The van der Waals surface area contributed by atoms with Gasteiger partial charge < -0.3 is 14.2 Å². The van der Waals surface area contributed by atoms with E-state index < -0.39 is 34.6 Å². The van der Waals surface area contributed by atoms with Gasteiger partial charge in [0.1, 0.15) is 23.6 Å². The summed E-state index contributed by atoms with van der Waals surface area (Å²) < 4.78 is 17.6. The van der Waals surface area contributed by atoms with Crippen molar-refractivity contribution in [2.24, 2.45) is 30.7 Å². The molecule has 5 atom stereocenters. The first-order chi connectivity index (χ1) is 17.4. The summed E-state index contributed by atoms with van der Waals surface area (Å²) in [5.74, 6) is 1.34. The van der Waals surface area contributed by atoms with E-state index in [0.29, 0.717) is 0 Å². The molecule has 0 aromatic heterocycles. The molecule has 0 bridgehead atoms. The second kappa shape index (κ2) is 8.68. The van der Waals surface area contributed by atoms with E-state index in [-0.39, 0.29) is 11.8 Å². The molecule has 0 amide bonds. The van der Waals surface area contributed by atoms with E-state index in [9.17, 15) is 0 Å². The summed E-state index contributed by atoms with van der Waals surface area (Å²) in [6.07, 6.45) is 0. The molecule has 9 heteroatoms. The Morgan fingerprint density at radius 1 is 0.595 bits per heavy atom. The molecule has 0 radical (unpaired) electrons. The molecule has 9 nitrogen and oxygen atoms in total. The van der Waals surface area contributed by atoms with Gasteiger partial charge in [-0.25, -0.2) is 0 Å². The van der Waals surface area contributed by atoms with Crippen molar-refractivity contribution in [1.82, 2.24) is 0 Å². The van der Waals surface area contributed by atoms with E-state index in [1.807, 2.05) is 38.1 Å². The molecule has 196 valence electrons. The summed E-state index contributed by atoms with van der Waals surface area (Å²) in [7, 11) is 3.33. The van der Waals surface area contributed by atoms with Gasteiger partial charge in [-0.15, -0.1) is 0 Å². The quantitative estimate of drug-likeness (QED) is 0.437. The van der Waals surface area contributed by atoms with E-state index in [1.165, 1.54) is 0 Å². The highest BCUT2D eigenvalue weighted by Crippen LogP contribution is 2.56. The number of ether oxygens (including phenoxy) is 3. The fourth-order valence-electron chi connectivity index (χ4n) is 5.95. The third kappa shape index (κ3) is 4.23. The summed E-state index contributed by atoms with van der Waals surface area (Å²) in [5, 5.41) is 28.6. The third-order valence-corrected chi connectivity index (χ3v) is 7.69. The summed E-state index contributed by atoms with van der Waals surface area (Å²) >= 11 is 0. The molecule has 0 saturated heterocycles. The van der Waals surface area contributed by atoms with Gasteiger partial charge in [-0.1, -0.05) is 24.3 Å². The number of azo groups is 3. The van der Waals surface area contributed by atoms with Gasteiger partial charge in [0.05, 0.1) is 25.3 Å². The van der Waals surface area contributed by atoms with E-state index in [2.05, 4.69) is 57.1 Å². The molecule has 3 heterocycles. The molecule has 37 heavy (non-hydrogen) atoms. The molecule has 3 aliphatic rings. The van der Waals surface area contributed by atoms with Gasteiger partial charge in [0, 0.05) is 11.8 Å². The zero-order valence-corrected chi connectivity index (χ0v) is 22.8. The Morgan fingerprint density at radius 2 is 1.00 bits per heavy atom. The predicted octanol–water partition coefficient (Wildman–Crippen LogP) is 6.71. The summed E-state index contributed by atoms with van der Waals surface area (Å²) in [6, 6.07) is 15.2. The van der Waals surface area contributed by atoms with E-state index in [4.69, 9.17) is 39.8 Å². The van der Waals surface area contributed by atoms with Crippen LogP contribution in [0.2, 0.25) is 0 Å². The van der Waals surface area contributed by atoms with Crippen molar-refractivity contribution in [3.05, 3.63) is 59.7 Å². The molecule has 2 aromatic carbocycles. The van der Waals surface area contributed by atoms with Crippen molar-refractivity contribution in [3.8, 4) is 11.5 Å². The topological polar surface area (TPSA) is 102 Å². The SMILES string of the molecule is COc1ccc([C@@H]2[C@@H](C3([C@@H]4N=NC(C)(C)[C@H]4c4ccc(OC)cc4)N=NC(C)(C)O3)N=NC2(C)C)cc1. The van der Waals surface area contributed by atoms with Gasteiger partial charge >= 0.3 is 0 Å². The first-order valence-electron chi connectivity index (χ1n) is 12.7. The maximum Gasteiger partial charge on any atom is 0.231 e. The van der Waals surface area contributed by atoms with Crippen LogP contribution in [-0.4, -0.2) is 48.8 Å². The van der Waals surface area contributed by atoms with Crippen LogP contribution in [0.15, 0.2) is 79.2 Å². The molecule has 0 N–H and O–H groups in total. The van der Waals surface area contributed by atoms with Crippen LogP contribution in [0.4, 0.5) is 0 Å². The van der Waals surface area contributed by atoms with E-state index in [0.717, 1.165) is 22.6 Å². The number of hydrogen-bond donors (Lipinski definition) is 0. The standard InChI is InChI=1S/C28H36N6O3/c1-25(2)21(17-9-13-19(35-7)14-10-17)23(29-31-25)28(34-33-27(5,6)37-28)24-22(26(3,4)32-30-24)18-11-15-20(36-8)16-12-18/h9-16,21-24H,1-8H3/t21-,22+,23+,24-,28?. The summed E-state index contributed by atoms with van der Waals surface area (Å²) in [4.78, 5) is 0. The molecule has 0 aliphatic carbocycles. The molecular weight excluding hydrogens is 468 g/mol. The Hall–Kier alpha value is -3.20. The third-order valence-electron chi connectivity index (χ3n) is 7.69. The minimum Gasteiger partial charge on any atom is -0.497 e. The lowest BCUT2D eigenvalue weighted by molar-refractivity contribution is -0.127. The molecular formula is C28H36N6O3. The average molecular weight is 505 g/mol. The maximum absolute atomic E-state index is 6.79. The van der Waals surface area contributed by atoms with Crippen molar-refractivity contribution in [3.63, 3.8) is 0 Å². The number of rotatable bonds is 6. The first-order valence-corrected chi connectivity index (χ1v) is 12.7. The van der Waals surface area contributed by atoms with Gasteiger partial charge in [0.25, 0.3) is 0 Å². The molecule has 1 unspecified atom stereocenters. The highest BCUT2D eigenvalue weighted by molar-refractivity contribution is 5.38. The minimum atomic E-state index is -1.19. The van der Waals surface area contributed by atoms with Crippen LogP contribution < -0.4 is 9.47 Å². The number of nitrogens with zero attached hydrogens (tertiary/aromatic N) is 6. The number of hydrogen-bond acceptors (Lipinski definition) is 9. The van der Waals surface area contributed by atoms with E-state index in [1.54, 1.807) is 14.2 Å². The molecule has 0 spiro atoms. The molecule has 5 rings (SSSR count). The smallest absolute Gasteiger partial charge is 0.231 e. The van der Waals surface area contributed by atoms with Crippen molar-refractivity contribution in [2.45, 2.75) is 88.0 Å². The van der Waals surface area contributed by atoms with E-state index >= 15 is 0 Å². The lowest BCUT2D eigenvalue weighted by atomic mass is 9.69. The van der Waals surface area contributed by atoms with Crippen LogP contribution in [0.25, 0.3) is 0 Å². The normalized spacial score (nSPS) is 32.6. The largest absolute Gasteiger partial charge is 0.497 e. The molecule has 2 aromatic rings. The Kier molecular flexibility index (Phi) is 5.97. The van der Waals surface area contributed by atoms with Gasteiger partial charge in [-0.3, -0.25) is 0 Å². The van der Waals surface area contributed by atoms with Crippen molar-refractivity contribution in [1.29, 1.82) is 0 Å². The van der Waals surface area contributed by atoms with Gasteiger partial charge in [-0.05, 0) is 76.9 Å². The minimum absolute atomic E-state index is 0.123. The van der Waals surface area contributed by atoms with Gasteiger partial charge in [-0.2, -0.15) is 30.7 Å². The number of methoxy groups -OCH3 is 2. The second-order valence-electron chi connectivity index (χ2n) is 11.6. The van der Waals surface area contributed by atoms with Gasteiger partial charge in [0.15, 0.2) is 5.72 Å². The molecule has 3 aliphatic heterocycles. The lowest BCUT2D eigenvalue weighted by Crippen LogP contribution is -2.57. The Bertz CT molecular complexity index is 1150. The molecule has 0 saturated carbocycles.